The van der Waals surface area contributed by atoms with Gasteiger partial charge in [0, 0.05) is 22.7 Å². The van der Waals surface area contributed by atoms with Crippen LogP contribution in [0.4, 0.5) is 0 Å². The maximum absolute atomic E-state index is 11.9. The second-order valence-corrected chi connectivity index (χ2v) is 4.91. The van der Waals surface area contributed by atoms with Crippen LogP contribution in [0.25, 0.3) is 0 Å². The molecule has 1 amide bonds. The summed E-state index contributed by atoms with van der Waals surface area (Å²) in [7, 11) is 0. The highest BCUT2D eigenvalue weighted by Gasteiger charge is 2.17. The Morgan fingerprint density at radius 1 is 1.47 bits per heavy atom. The zero-order valence-corrected chi connectivity index (χ0v) is 11.3. The van der Waals surface area contributed by atoms with Crippen LogP contribution in [0.15, 0.2) is 17.1 Å². The molecule has 1 saturated heterocycles. The highest BCUT2D eigenvalue weighted by molar-refractivity contribution is 14.1. The van der Waals surface area contributed by atoms with E-state index in [2.05, 4.69) is 5.10 Å². The van der Waals surface area contributed by atoms with E-state index < -0.39 is 0 Å². The molecule has 0 saturated carbocycles. The molecule has 0 unspecified atom stereocenters. The van der Waals surface area contributed by atoms with Gasteiger partial charge in [0.05, 0.1) is 19.4 Å². The van der Waals surface area contributed by atoms with Crippen molar-refractivity contribution in [1.82, 2.24) is 14.7 Å². The Labute approximate surface area is 112 Å². The molecule has 92 valence electrons. The number of nitrogens with zero attached hydrogens (tertiary/aromatic N) is 3. The summed E-state index contributed by atoms with van der Waals surface area (Å²) in [6.45, 7) is 2.27. The van der Waals surface area contributed by atoms with E-state index in [1.807, 2.05) is 22.6 Å². The first-order valence-electron chi connectivity index (χ1n) is 5.25. The van der Waals surface area contributed by atoms with E-state index in [1.54, 1.807) is 11.1 Å². The van der Waals surface area contributed by atoms with Crippen molar-refractivity contribution >= 4 is 28.5 Å². The molecule has 2 heterocycles. The van der Waals surface area contributed by atoms with Crippen molar-refractivity contribution in [3.05, 3.63) is 26.2 Å². The summed E-state index contributed by atoms with van der Waals surface area (Å²) in [5.41, 5.74) is -0.251. The van der Waals surface area contributed by atoms with Crippen LogP contribution in [0.2, 0.25) is 0 Å². The predicted molar refractivity (Wildman–Crippen MR) is 68.6 cm³/mol. The number of hydrogen-bond acceptors (Lipinski definition) is 4. The number of morpholine rings is 1. The molecular formula is C10H12IN3O3. The minimum Gasteiger partial charge on any atom is -0.378 e. The maximum Gasteiger partial charge on any atom is 0.268 e. The summed E-state index contributed by atoms with van der Waals surface area (Å²) in [5.74, 6) is -0.0934. The minimum atomic E-state index is -0.251. The van der Waals surface area contributed by atoms with Gasteiger partial charge in [-0.15, -0.1) is 0 Å². The fraction of sp³-hybridized carbons (Fsp3) is 0.500. The zero-order chi connectivity index (χ0) is 12.3. The van der Waals surface area contributed by atoms with Crippen LogP contribution in [0.3, 0.4) is 0 Å². The summed E-state index contributed by atoms with van der Waals surface area (Å²) >= 11 is 2.01. The summed E-state index contributed by atoms with van der Waals surface area (Å²) < 4.78 is 7.11. The van der Waals surface area contributed by atoms with Gasteiger partial charge in [0.1, 0.15) is 6.54 Å². The van der Waals surface area contributed by atoms with Gasteiger partial charge >= 0.3 is 0 Å². The van der Waals surface area contributed by atoms with Crippen molar-refractivity contribution < 1.29 is 9.53 Å². The molecular weight excluding hydrogens is 337 g/mol. The van der Waals surface area contributed by atoms with Crippen molar-refractivity contribution in [3.8, 4) is 0 Å². The summed E-state index contributed by atoms with van der Waals surface area (Å²) in [4.78, 5) is 25.1. The minimum absolute atomic E-state index is 0.00421. The SMILES string of the molecule is O=C(Cn1ncc(I)cc1=O)N1CCOCC1. The van der Waals surface area contributed by atoms with Crippen molar-refractivity contribution in [3.63, 3.8) is 0 Å². The lowest BCUT2D eigenvalue weighted by Crippen LogP contribution is -2.43. The Morgan fingerprint density at radius 3 is 2.82 bits per heavy atom. The molecule has 1 aromatic rings. The summed E-state index contributed by atoms with van der Waals surface area (Å²) in [5, 5.41) is 3.93. The first-order chi connectivity index (χ1) is 8.16. The summed E-state index contributed by atoms with van der Waals surface area (Å²) in [6.07, 6.45) is 1.56. The number of halogens is 1. The third kappa shape index (κ3) is 3.25. The molecule has 1 aliphatic rings. The number of aromatic nitrogens is 2. The van der Waals surface area contributed by atoms with Crippen molar-refractivity contribution in [2.24, 2.45) is 0 Å². The fourth-order valence-electron chi connectivity index (χ4n) is 1.57. The third-order valence-corrected chi connectivity index (χ3v) is 3.07. The maximum atomic E-state index is 11.9. The third-order valence-electron chi connectivity index (χ3n) is 2.49. The number of ether oxygens (including phenoxy) is 1. The average Bonchev–Trinajstić information content (AvgIpc) is 2.34. The lowest BCUT2D eigenvalue weighted by atomic mass is 10.4. The quantitative estimate of drug-likeness (QED) is 0.689. The highest BCUT2D eigenvalue weighted by Crippen LogP contribution is 1.99. The molecule has 17 heavy (non-hydrogen) atoms. The molecule has 2 rings (SSSR count). The highest BCUT2D eigenvalue weighted by atomic mass is 127. The standard InChI is InChI=1S/C10H12IN3O3/c11-8-5-9(15)14(12-6-8)7-10(16)13-1-3-17-4-2-13/h5-6H,1-4,7H2. The number of carbonyl (C=O) groups excluding carboxylic acids is 1. The normalized spacial score (nSPS) is 15.9. The van der Waals surface area contributed by atoms with Gasteiger partial charge in [-0.1, -0.05) is 0 Å². The van der Waals surface area contributed by atoms with Crippen LogP contribution < -0.4 is 5.56 Å². The Bertz CT molecular complexity index is 468. The first kappa shape index (κ1) is 12.5. The Hall–Kier alpha value is -0.960. The van der Waals surface area contributed by atoms with Gasteiger partial charge in [-0.25, -0.2) is 4.68 Å². The topological polar surface area (TPSA) is 64.4 Å². The average molecular weight is 349 g/mol. The molecule has 7 heteroatoms. The molecule has 0 radical (unpaired) electrons. The molecule has 0 spiro atoms. The smallest absolute Gasteiger partial charge is 0.268 e. The number of hydrogen-bond donors (Lipinski definition) is 0. The molecule has 1 aliphatic heterocycles. The fourth-order valence-corrected chi connectivity index (χ4v) is 1.96. The van der Waals surface area contributed by atoms with Crippen LogP contribution >= 0.6 is 22.6 Å². The van der Waals surface area contributed by atoms with E-state index in [0.29, 0.717) is 26.3 Å². The van der Waals surface area contributed by atoms with Crippen LogP contribution in [-0.2, 0) is 16.1 Å². The number of amides is 1. The monoisotopic (exact) mass is 349 g/mol. The van der Waals surface area contributed by atoms with Gasteiger partial charge in [0.2, 0.25) is 5.91 Å². The second-order valence-electron chi connectivity index (χ2n) is 3.66. The van der Waals surface area contributed by atoms with Crippen LogP contribution in [-0.4, -0.2) is 46.9 Å². The first-order valence-corrected chi connectivity index (χ1v) is 6.33. The van der Waals surface area contributed by atoms with E-state index >= 15 is 0 Å². The lowest BCUT2D eigenvalue weighted by molar-refractivity contribution is -0.136. The predicted octanol–water partition coefficient (Wildman–Crippen LogP) is -0.293. The van der Waals surface area contributed by atoms with E-state index in [-0.39, 0.29) is 18.0 Å². The van der Waals surface area contributed by atoms with Gasteiger partial charge in [0.25, 0.3) is 5.56 Å². The van der Waals surface area contributed by atoms with E-state index in [9.17, 15) is 9.59 Å². The van der Waals surface area contributed by atoms with Crippen molar-refractivity contribution in [2.75, 3.05) is 26.3 Å². The van der Waals surface area contributed by atoms with Gasteiger partial charge in [-0.05, 0) is 22.6 Å². The molecule has 0 bridgehead atoms. The molecule has 0 aliphatic carbocycles. The summed E-state index contributed by atoms with van der Waals surface area (Å²) in [6, 6.07) is 1.46. The van der Waals surface area contributed by atoms with E-state index in [0.717, 1.165) is 3.57 Å². The van der Waals surface area contributed by atoms with Gasteiger partial charge in [0.15, 0.2) is 0 Å². The Morgan fingerprint density at radius 2 is 2.18 bits per heavy atom. The zero-order valence-electron chi connectivity index (χ0n) is 9.13. The molecule has 1 fully saturated rings. The lowest BCUT2D eigenvalue weighted by Gasteiger charge is -2.26. The molecule has 0 aromatic carbocycles. The molecule has 1 aromatic heterocycles. The van der Waals surface area contributed by atoms with Crippen molar-refractivity contribution in [2.45, 2.75) is 6.54 Å². The van der Waals surface area contributed by atoms with Crippen LogP contribution in [0, 0.1) is 3.57 Å². The van der Waals surface area contributed by atoms with E-state index in [1.165, 1.54) is 10.7 Å². The van der Waals surface area contributed by atoms with Gasteiger partial charge in [-0.2, -0.15) is 5.10 Å². The Balaban J connectivity index is 2.04. The largest absolute Gasteiger partial charge is 0.378 e. The second kappa shape index (κ2) is 5.58. The van der Waals surface area contributed by atoms with Crippen molar-refractivity contribution in [1.29, 1.82) is 0 Å². The van der Waals surface area contributed by atoms with Gasteiger partial charge in [-0.3, -0.25) is 9.59 Å². The van der Waals surface area contributed by atoms with Crippen LogP contribution in [0.5, 0.6) is 0 Å². The molecule has 0 N–H and O–H groups in total. The Kier molecular flexibility index (Phi) is 4.11. The van der Waals surface area contributed by atoms with E-state index in [4.69, 9.17) is 4.74 Å². The molecule has 0 atom stereocenters. The van der Waals surface area contributed by atoms with Gasteiger partial charge < -0.3 is 9.64 Å². The number of rotatable bonds is 2. The van der Waals surface area contributed by atoms with Crippen LogP contribution in [0.1, 0.15) is 0 Å². The number of carbonyl (C=O) groups is 1. The molecule has 6 nitrogen and oxygen atoms in total.